The topological polar surface area (TPSA) is 78.4 Å². The Bertz CT molecular complexity index is 776. The molecule has 1 fully saturated rings. The van der Waals surface area contributed by atoms with Gasteiger partial charge in [0.2, 0.25) is 0 Å². The van der Waals surface area contributed by atoms with Gasteiger partial charge >= 0.3 is 0 Å². The van der Waals surface area contributed by atoms with Crippen molar-refractivity contribution in [2.24, 2.45) is 5.92 Å². The third-order valence-corrected chi connectivity index (χ3v) is 4.60. The molecule has 25 heavy (non-hydrogen) atoms. The van der Waals surface area contributed by atoms with E-state index < -0.39 is 6.10 Å². The lowest BCUT2D eigenvalue weighted by atomic mass is 9.97. The molecule has 1 aliphatic rings. The van der Waals surface area contributed by atoms with Crippen molar-refractivity contribution in [3.63, 3.8) is 0 Å². The zero-order valence-electron chi connectivity index (χ0n) is 13.5. The summed E-state index contributed by atoms with van der Waals surface area (Å²) in [7, 11) is 0. The molecule has 0 bridgehead atoms. The number of amides is 1. The highest BCUT2D eigenvalue weighted by atomic mass is 35.5. The first kappa shape index (κ1) is 17.6. The Balaban J connectivity index is 1.76. The number of nitrogens with one attached hydrogen (secondary N) is 2. The van der Waals surface area contributed by atoms with Gasteiger partial charge in [-0.15, -0.1) is 0 Å². The van der Waals surface area contributed by atoms with Gasteiger partial charge in [-0.3, -0.25) is 9.59 Å². The summed E-state index contributed by atoms with van der Waals surface area (Å²) in [5, 5.41) is 16.2. The first-order chi connectivity index (χ1) is 12.1. The molecular weight excluding hydrogens is 340 g/mol. The third-order valence-electron chi connectivity index (χ3n) is 4.35. The Morgan fingerprint density at radius 3 is 2.40 bits per heavy atom. The molecule has 0 spiro atoms. The highest BCUT2D eigenvalue weighted by Gasteiger charge is 2.26. The second-order valence-corrected chi connectivity index (χ2v) is 6.51. The van der Waals surface area contributed by atoms with Crippen LogP contribution in [0.2, 0.25) is 5.02 Å². The number of aliphatic hydroxyl groups is 1. The van der Waals surface area contributed by atoms with Crippen molar-refractivity contribution in [1.29, 1.82) is 0 Å². The minimum Gasteiger partial charge on any atom is -0.391 e. The van der Waals surface area contributed by atoms with E-state index in [2.05, 4.69) is 10.6 Å². The van der Waals surface area contributed by atoms with E-state index in [0.717, 1.165) is 0 Å². The van der Waals surface area contributed by atoms with Crippen LogP contribution >= 0.6 is 11.6 Å². The SMILES string of the molecule is O=C(NCC1CNCC1O)c1ccccc1C(=O)c1ccc(Cl)cc1. The van der Waals surface area contributed by atoms with Gasteiger partial charge < -0.3 is 15.7 Å². The first-order valence-corrected chi connectivity index (χ1v) is 8.50. The van der Waals surface area contributed by atoms with Crippen LogP contribution in [0, 0.1) is 5.92 Å². The van der Waals surface area contributed by atoms with Gasteiger partial charge in [-0.25, -0.2) is 0 Å². The third kappa shape index (κ3) is 4.07. The highest BCUT2D eigenvalue weighted by Crippen LogP contribution is 2.17. The van der Waals surface area contributed by atoms with Crippen LogP contribution in [0.3, 0.4) is 0 Å². The molecule has 130 valence electrons. The Kier molecular flexibility index (Phi) is 5.48. The van der Waals surface area contributed by atoms with Gasteiger partial charge in [0.25, 0.3) is 5.91 Å². The molecule has 2 aromatic rings. The second-order valence-electron chi connectivity index (χ2n) is 6.08. The lowest BCUT2D eigenvalue weighted by Gasteiger charge is -2.15. The van der Waals surface area contributed by atoms with Gasteiger partial charge in [0, 0.05) is 41.7 Å². The fraction of sp³-hybridized carbons (Fsp3) is 0.263. The minimum absolute atomic E-state index is 0.0249. The summed E-state index contributed by atoms with van der Waals surface area (Å²) in [6, 6.07) is 13.3. The van der Waals surface area contributed by atoms with Gasteiger partial charge in [-0.1, -0.05) is 29.8 Å². The van der Waals surface area contributed by atoms with Crippen molar-refractivity contribution in [1.82, 2.24) is 10.6 Å². The normalized spacial score (nSPS) is 19.6. The van der Waals surface area contributed by atoms with Crippen LogP contribution in [0.5, 0.6) is 0 Å². The van der Waals surface area contributed by atoms with Gasteiger partial charge in [-0.05, 0) is 30.3 Å². The molecule has 3 rings (SSSR count). The molecular formula is C19H19ClN2O3. The molecule has 0 aromatic heterocycles. The molecule has 1 amide bonds. The first-order valence-electron chi connectivity index (χ1n) is 8.12. The molecule has 0 aliphatic carbocycles. The number of carbonyl (C=O) groups excluding carboxylic acids is 2. The average molecular weight is 359 g/mol. The summed E-state index contributed by atoms with van der Waals surface area (Å²) in [4.78, 5) is 25.3. The van der Waals surface area contributed by atoms with Crippen LogP contribution < -0.4 is 10.6 Å². The summed E-state index contributed by atoms with van der Waals surface area (Å²) >= 11 is 5.86. The summed E-state index contributed by atoms with van der Waals surface area (Å²) < 4.78 is 0. The predicted octanol–water partition coefficient (Wildman–Crippen LogP) is 1.88. The number of aliphatic hydroxyl groups excluding tert-OH is 1. The van der Waals surface area contributed by atoms with E-state index in [1.807, 2.05) is 0 Å². The van der Waals surface area contributed by atoms with Crippen molar-refractivity contribution >= 4 is 23.3 Å². The van der Waals surface area contributed by atoms with E-state index in [4.69, 9.17) is 11.6 Å². The van der Waals surface area contributed by atoms with Crippen molar-refractivity contribution < 1.29 is 14.7 Å². The summed E-state index contributed by atoms with van der Waals surface area (Å²) in [6.07, 6.45) is -0.466. The largest absolute Gasteiger partial charge is 0.391 e. The molecule has 2 aromatic carbocycles. The molecule has 2 atom stereocenters. The van der Waals surface area contributed by atoms with Crippen molar-refractivity contribution in [3.8, 4) is 0 Å². The number of β-amino-alcohol motifs (C(OH)–C–C–N with tert-alkyl or cyclic N) is 1. The fourth-order valence-corrected chi connectivity index (χ4v) is 3.01. The summed E-state index contributed by atoms with van der Waals surface area (Å²) in [5.41, 5.74) is 1.13. The number of hydrogen-bond acceptors (Lipinski definition) is 4. The van der Waals surface area contributed by atoms with Crippen molar-refractivity contribution in [3.05, 3.63) is 70.2 Å². The van der Waals surface area contributed by atoms with E-state index in [9.17, 15) is 14.7 Å². The Labute approximate surface area is 151 Å². The zero-order chi connectivity index (χ0) is 17.8. The summed E-state index contributed by atoms with van der Waals surface area (Å²) in [6.45, 7) is 1.55. The fourth-order valence-electron chi connectivity index (χ4n) is 2.88. The molecule has 6 heteroatoms. The van der Waals surface area contributed by atoms with Crippen LogP contribution in [0.4, 0.5) is 0 Å². The number of halogens is 1. The van der Waals surface area contributed by atoms with Gasteiger partial charge in [0.15, 0.2) is 5.78 Å². The lowest BCUT2D eigenvalue weighted by Crippen LogP contribution is -2.35. The van der Waals surface area contributed by atoms with Crippen LogP contribution in [0.15, 0.2) is 48.5 Å². The van der Waals surface area contributed by atoms with Crippen molar-refractivity contribution in [2.45, 2.75) is 6.10 Å². The minimum atomic E-state index is -0.466. The van der Waals surface area contributed by atoms with Crippen LogP contribution in [0.1, 0.15) is 26.3 Å². The molecule has 2 unspecified atom stereocenters. The van der Waals surface area contributed by atoms with Gasteiger partial charge in [0.05, 0.1) is 11.7 Å². The molecule has 1 aliphatic heterocycles. The lowest BCUT2D eigenvalue weighted by molar-refractivity contribution is 0.0917. The smallest absolute Gasteiger partial charge is 0.252 e. The number of carbonyl (C=O) groups is 2. The molecule has 1 saturated heterocycles. The number of hydrogen-bond donors (Lipinski definition) is 3. The number of rotatable bonds is 5. The Morgan fingerprint density at radius 2 is 1.76 bits per heavy atom. The summed E-state index contributed by atoms with van der Waals surface area (Å²) in [5.74, 6) is -0.579. The van der Waals surface area contributed by atoms with Crippen LogP contribution in [-0.2, 0) is 0 Å². The quantitative estimate of drug-likeness (QED) is 0.713. The van der Waals surface area contributed by atoms with Crippen LogP contribution in [-0.4, -0.2) is 42.5 Å². The maximum absolute atomic E-state index is 12.7. The van der Waals surface area contributed by atoms with Gasteiger partial charge in [0.1, 0.15) is 0 Å². The standard InChI is InChI=1S/C19H19ClN2O3/c20-14-7-5-12(6-8-14)18(24)15-3-1-2-4-16(15)19(25)22-10-13-9-21-11-17(13)23/h1-8,13,17,21,23H,9-11H2,(H,22,25). The van der Waals surface area contributed by atoms with Gasteiger partial charge in [-0.2, -0.15) is 0 Å². The van der Waals surface area contributed by atoms with E-state index in [0.29, 0.717) is 41.3 Å². The molecule has 0 saturated carbocycles. The Morgan fingerprint density at radius 1 is 1.08 bits per heavy atom. The monoisotopic (exact) mass is 358 g/mol. The van der Waals surface area contributed by atoms with Crippen molar-refractivity contribution in [2.75, 3.05) is 19.6 Å². The Hall–Kier alpha value is -2.21. The van der Waals surface area contributed by atoms with E-state index in [1.54, 1.807) is 48.5 Å². The van der Waals surface area contributed by atoms with E-state index in [1.165, 1.54) is 0 Å². The molecule has 0 radical (unpaired) electrons. The number of ketones is 1. The van der Waals surface area contributed by atoms with E-state index >= 15 is 0 Å². The highest BCUT2D eigenvalue weighted by molar-refractivity contribution is 6.30. The van der Waals surface area contributed by atoms with E-state index in [-0.39, 0.29) is 17.6 Å². The number of benzene rings is 2. The second kappa shape index (κ2) is 7.78. The maximum atomic E-state index is 12.7. The zero-order valence-corrected chi connectivity index (χ0v) is 14.3. The molecule has 3 N–H and O–H groups in total. The molecule has 5 nitrogen and oxygen atoms in total. The van der Waals surface area contributed by atoms with Crippen LogP contribution in [0.25, 0.3) is 0 Å². The predicted molar refractivity (Wildman–Crippen MR) is 96.0 cm³/mol. The average Bonchev–Trinajstić information content (AvgIpc) is 3.04. The molecule has 1 heterocycles. The maximum Gasteiger partial charge on any atom is 0.252 e.